The number of hydrogen-bond donors (Lipinski definition) is 1. The maximum Gasteiger partial charge on any atom is 0.160 e. The van der Waals surface area contributed by atoms with Crippen molar-refractivity contribution in [2.45, 2.75) is 46.0 Å². The van der Waals surface area contributed by atoms with Gasteiger partial charge in [-0.15, -0.1) is 0 Å². The fourth-order valence-corrected chi connectivity index (χ4v) is 5.07. The van der Waals surface area contributed by atoms with Gasteiger partial charge in [-0.25, -0.2) is 9.97 Å². The van der Waals surface area contributed by atoms with Crippen LogP contribution in [0.15, 0.2) is 121 Å². The number of aromatic nitrogens is 2. The molecule has 5 rings (SSSR count). The van der Waals surface area contributed by atoms with Gasteiger partial charge in [0.05, 0.1) is 5.69 Å². The van der Waals surface area contributed by atoms with Crippen molar-refractivity contribution in [2.75, 3.05) is 5.32 Å². The highest BCUT2D eigenvalue weighted by Crippen LogP contribution is 2.34. The van der Waals surface area contributed by atoms with Crippen molar-refractivity contribution in [3.8, 4) is 33.8 Å². The Morgan fingerprint density at radius 3 is 2.12 bits per heavy atom. The molecule has 0 saturated carbocycles. The van der Waals surface area contributed by atoms with Crippen LogP contribution in [0, 0.1) is 0 Å². The summed E-state index contributed by atoms with van der Waals surface area (Å²) in [6, 6.07) is 38.2. The molecule has 0 saturated heterocycles. The Bertz CT molecular complexity index is 1570. The average Bonchev–Trinajstić information content (AvgIpc) is 3.02. The molecule has 1 aromatic heterocycles. The maximum absolute atomic E-state index is 5.10. The number of benzene rings is 4. The van der Waals surface area contributed by atoms with E-state index in [9.17, 15) is 0 Å². The Kier molecular flexibility index (Phi) is 8.83. The molecule has 4 aromatic carbocycles. The zero-order chi connectivity index (χ0) is 27.7. The predicted octanol–water partition coefficient (Wildman–Crippen LogP) is 10.2. The molecule has 0 aliphatic rings. The molecule has 1 heterocycles. The average molecular weight is 524 g/mol. The van der Waals surface area contributed by atoms with Gasteiger partial charge >= 0.3 is 0 Å². The minimum Gasteiger partial charge on any atom is -0.355 e. The summed E-state index contributed by atoms with van der Waals surface area (Å²) in [6.07, 6.45) is 7.29. The van der Waals surface area contributed by atoms with Crippen molar-refractivity contribution in [2.24, 2.45) is 0 Å². The van der Waals surface area contributed by atoms with Crippen molar-refractivity contribution < 1.29 is 0 Å². The van der Waals surface area contributed by atoms with Crippen LogP contribution in [0.3, 0.4) is 0 Å². The molecule has 1 unspecified atom stereocenters. The van der Waals surface area contributed by atoms with Crippen LogP contribution >= 0.6 is 0 Å². The summed E-state index contributed by atoms with van der Waals surface area (Å²) in [5, 5.41) is 3.73. The predicted molar refractivity (Wildman–Crippen MR) is 170 cm³/mol. The van der Waals surface area contributed by atoms with Crippen molar-refractivity contribution in [3.05, 3.63) is 133 Å². The molecule has 3 nitrogen and oxygen atoms in total. The second-order valence-corrected chi connectivity index (χ2v) is 10.1. The smallest absolute Gasteiger partial charge is 0.160 e. The first-order valence-electron chi connectivity index (χ1n) is 14.3. The maximum atomic E-state index is 5.10. The van der Waals surface area contributed by atoms with Gasteiger partial charge in [-0.2, -0.15) is 0 Å². The molecule has 0 aliphatic heterocycles. The summed E-state index contributed by atoms with van der Waals surface area (Å²) < 4.78 is 0. The van der Waals surface area contributed by atoms with Crippen molar-refractivity contribution >= 4 is 11.4 Å². The molecule has 0 bridgehead atoms. The van der Waals surface area contributed by atoms with Gasteiger partial charge in [0, 0.05) is 39.7 Å². The van der Waals surface area contributed by atoms with E-state index in [1.54, 1.807) is 0 Å². The highest BCUT2D eigenvalue weighted by atomic mass is 14.9. The molecule has 200 valence electrons. The number of allylic oxidation sites excluding steroid dienone is 2. The lowest BCUT2D eigenvalue weighted by atomic mass is 9.95. The van der Waals surface area contributed by atoms with Crippen LogP contribution in [0.4, 0.5) is 11.4 Å². The van der Waals surface area contributed by atoms with Crippen LogP contribution in [0.5, 0.6) is 0 Å². The zero-order valence-electron chi connectivity index (χ0n) is 23.6. The lowest BCUT2D eigenvalue weighted by Gasteiger charge is -2.17. The molecule has 1 atom stereocenters. The highest BCUT2D eigenvalue weighted by Gasteiger charge is 2.16. The summed E-state index contributed by atoms with van der Waals surface area (Å²) in [6.45, 7) is 6.52. The monoisotopic (exact) mass is 523 g/mol. The van der Waals surface area contributed by atoms with Gasteiger partial charge in [-0.1, -0.05) is 105 Å². The van der Waals surface area contributed by atoms with Gasteiger partial charge in [0.15, 0.2) is 5.82 Å². The van der Waals surface area contributed by atoms with Crippen molar-refractivity contribution in [1.29, 1.82) is 0 Å². The van der Waals surface area contributed by atoms with E-state index in [0.29, 0.717) is 5.92 Å². The molecule has 0 fully saturated rings. The fourth-order valence-electron chi connectivity index (χ4n) is 5.07. The fraction of sp³-hybridized carbons (Fsp3) is 0.189. The Labute approximate surface area is 238 Å². The van der Waals surface area contributed by atoms with Gasteiger partial charge in [0.1, 0.15) is 0 Å². The van der Waals surface area contributed by atoms with E-state index in [2.05, 4.69) is 129 Å². The first-order chi connectivity index (χ1) is 19.7. The molecule has 0 amide bonds. The number of aryl methyl sites for hydroxylation is 1. The minimum atomic E-state index is 0.338. The lowest BCUT2D eigenvalue weighted by molar-refractivity contribution is 0.652. The molecule has 5 aromatic rings. The van der Waals surface area contributed by atoms with Crippen LogP contribution in [0.2, 0.25) is 0 Å². The second kappa shape index (κ2) is 13.0. The van der Waals surface area contributed by atoms with Crippen LogP contribution in [-0.4, -0.2) is 9.97 Å². The number of anilines is 2. The van der Waals surface area contributed by atoms with Gasteiger partial charge in [-0.3, -0.25) is 0 Å². The first-order valence-corrected chi connectivity index (χ1v) is 14.3. The largest absolute Gasteiger partial charge is 0.355 e. The molecular formula is C37H37N3. The third-order valence-corrected chi connectivity index (χ3v) is 7.33. The quantitative estimate of drug-likeness (QED) is 0.185. The highest BCUT2D eigenvalue weighted by molar-refractivity contribution is 5.82. The van der Waals surface area contributed by atoms with E-state index in [1.807, 2.05) is 18.2 Å². The second-order valence-electron chi connectivity index (χ2n) is 10.1. The summed E-state index contributed by atoms with van der Waals surface area (Å²) in [5.74, 6) is 1.11. The van der Waals surface area contributed by atoms with Gasteiger partial charge in [0.2, 0.25) is 0 Å². The van der Waals surface area contributed by atoms with Crippen LogP contribution in [0.25, 0.3) is 33.8 Å². The molecule has 40 heavy (non-hydrogen) atoms. The number of para-hydroxylation sites is 1. The zero-order valence-corrected chi connectivity index (χ0v) is 23.6. The van der Waals surface area contributed by atoms with Gasteiger partial charge in [0.25, 0.3) is 0 Å². The van der Waals surface area contributed by atoms with E-state index in [0.717, 1.165) is 59.0 Å². The lowest BCUT2D eigenvalue weighted by Crippen LogP contribution is -2.04. The Hall–Kier alpha value is -4.50. The standard InChI is InChI=1S/C37H37N3/c1-4-7-16-28(6-3)35-26-36(40-37(39-35)30-19-12-9-13-20-30)31-23-27(5-2)24-32(25-31)38-34-22-15-14-21-33(34)29-17-10-8-11-18-29/h4,7-15,17-26,28,38H,5-6,16H2,1-3H3/b7-4-. The normalized spacial score (nSPS) is 12.0. The third-order valence-electron chi connectivity index (χ3n) is 7.33. The third kappa shape index (κ3) is 6.38. The Morgan fingerprint density at radius 2 is 1.43 bits per heavy atom. The van der Waals surface area contributed by atoms with E-state index in [1.165, 1.54) is 16.7 Å². The molecule has 0 spiro atoms. The number of nitrogens with one attached hydrogen (secondary N) is 1. The van der Waals surface area contributed by atoms with Gasteiger partial charge in [-0.05, 0) is 67.6 Å². The summed E-state index contributed by atoms with van der Waals surface area (Å²) in [5.41, 5.74) is 9.95. The Balaban J connectivity index is 1.59. The number of nitrogens with zero attached hydrogens (tertiary/aromatic N) is 2. The topological polar surface area (TPSA) is 37.8 Å². The van der Waals surface area contributed by atoms with Crippen LogP contribution in [-0.2, 0) is 6.42 Å². The van der Waals surface area contributed by atoms with E-state index >= 15 is 0 Å². The van der Waals surface area contributed by atoms with Crippen molar-refractivity contribution in [1.82, 2.24) is 9.97 Å². The van der Waals surface area contributed by atoms with Crippen molar-refractivity contribution in [3.63, 3.8) is 0 Å². The molecular weight excluding hydrogens is 486 g/mol. The number of rotatable bonds is 10. The van der Waals surface area contributed by atoms with Crippen LogP contribution < -0.4 is 5.32 Å². The molecule has 1 N–H and O–H groups in total. The van der Waals surface area contributed by atoms with E-state index < -0.39 is 0 Å². The number of hydrogen-bond acceptors (Lipinski definition) is 3. The molecule has 0 radical (unpaired) electrons. The van der Waals surface area contributed by atoms with E-state index in [4.69, 9.17) is 9.97 Å². The van der Waals surface area contributed by atoms with Gasteiger partial charge < -0.3 is 5.32 Å². The molecule has 0 aliphatic carbocycles. The summed E-state index contributed by atoms with van der Waals surface area (Å²) >= 11 is 0. The SMILES string of the molecule is C/C=C\CC(CC)c1cc(-c2cc(CC)cc(Nc3ccccc3-c3ccccc3)c2)nc(-c2ccccc2)n1. The molecule has 3 heteroatoms. The first kappa shape index (κ1) is 27.1. The Morgan fingerprint density at radius 1 is 0.725 bits per heavy atom. The minimum absolute atomic E-state index is 0.338. The van der Waals surface area contributed by atoms with Crippen LogP contribution in [0.1, 0.15) is 50.8 Å². The van der Waals surface area contributed by atoms with E-state index in [-0.39, 0.29) is 0 Å². The summed E-state index contributed by atoms with van der Waals surface area (Å²) in [4.78, 5) is 10.2. The summed E-state index contributed by atoms with van der Waals surface area (Å²) in [7, 11) is 0.